The molecule has 0 saturated heterocycles. The highest BCUT2D eigenvalue weighted by Crippen LogP contribution is 2.40. The molecule has 1 aliphatic carbocycles. The number of rotatable bonds is 8. The molecule has 7 heteroatoms. The number of hydrogen-bond acceptors (Lipinski definition) is 6. The van der Waals surface area contributed by atoms with Crippen molar-refractivity contribution in [2.75, 3.05) is 18.9 Å². The quantitative estimate of drug-likeness (QED) is 0.424. The number of amides is 1. The molecule has 5 nitrogen and oxygen atoms in total. The van der Waals surface area contributed by atoms with E-state index in [9.17, 15) is 4.79 Å². The summed E-state index contributed by atoms with van der Waals surface area (Å²) in [4.78, 5) is 25.0. The van der Waals surface area contributed by atoms with Gasteiger partial charge in [-0.15, -0.1) is 23.1 Å². The number of hydrogen-bond donors (Lipinski definition) is 2. The van der Waals surface area contributed by atoms with E-state index in [2.05, 4.69) is 34.9 Å². The summed E-state index contributed by atoms with van der Waals surface area (Å²) < 4.78 is 0. The number of nitrogens with zero attached hydrogens (tertiary/aromatic N) is 2. The van der Waals surface area contributed by atoms with Crippen molar-refractivity contribution in [2.45, 2.75) is 42.8 Å². The van der Waals surface area contributed by atoms with E-state index in [-0.39, 0.29) is 5.91 Å². The first kappa shape index (κ1) is 19.2. The highest BCUT2D eigenvalue weighted by molar-refractivity contribution is 7.98. The number of thiophene rings is 1. The zero-order valence-corrected chi connectivity index (χ0v) is 17.6. The van der Waals surface area contributed by atoms with Crippen molar-refractivity contribution in [2.24, 2.45) is 0 Å². The van der Waals surface area contributed by atoms with Crippen molar-refractivity contribution in [3.63, 3.8) is 0 Å². The van der Waals surface area contributed by atoms with Gasteiger partial charge in [0.05, 0.1) is 11.1 Å². The number of fused-ring (bicyclic) bond motifs is 3. The molecule has 0 radical (unpaired) electrons. The van der Waals surface area contributed by atoms with Crippen molar-refractivity contribution < 1.29 is 4.79 Å². The molecule has 2 heterocycles. The summed E-state index contributed by atoms with van der Waals surface area (Å²) in [5.74, 6) is 2.61. The van der Waals surface area contributed by atoms with Gasteiger partial charge in [0.2, 0.25) is 5.91 Å². The van der Waals surface area contributed by atoms with Crippen molar-refractivity contribution in [1.82, 2.24) is 15.3 Å². The number of carbonyl (C=O) groups excluding carboxylic acids is 1. The molecule has 0 saturated carbocycles. The van der Waals surface area contributed by atoms with Gasteiger partial charge >= 0.3 is 0 Å². The average Bonchev–Trinajstić information content (AvgIpc) is 3.31. The first-order valence-electron chi connectivity index (χ1n) is 9.68. The van der Waals surface area contributed by atoms with Crippen molar-refractivity contribution in [3.8, 4) is 0 Å². The highest BCUT2D eigenvalue weighted by atomic mass is 32.2. The van der Waals surface area contributed by atoms with Crippen LogP contribution >= 0.6 is 23.1 Å². The van der Waals surface area contributed by atoms with Gasteiger partial charge in [0.25, 0.3) is 0 Å². The fourth-order valence-corrected chi connectivity index (χ4v) is 5.53. The van der Waals surface area contributed by atoms with E-state index in [1.165, 1.54) is 27.1 Å². The van der Waals surface area contributed by atoms with E-state index in [1.807, 2.05) is 17.4 Å². The monoisotopic (exact) mass is 412 g/mol. The normalized spacial score (nSPS) is 12.9. The molecule has 0 unspecified atom stereocenters. The van der Waals surface area contributed by atoms with Gasteiger partial charge in [-0.2, -0.15) is 0 Å². The Morgan fingerprint density at radius 3 is 2.89 bits per heavy atom. The number of aromatic nitrogens is 2. The number of carbonyl (C=O) groups is 1. The van der Waals surface area contributed by atoms with Gasteiger partial charge in [-0.05, 0) is 43.4 Å². The Hall–Kier alpha value is -2.12. The summed E-state index contributed by atoms with van der Waals surface area (Å²) in [6.07, 6.45) is 4.80. The van der Waals surface area contributed by atoms with Gasteiger partial charge in [0.1, 0.15) is 16.5 Å². The second-order valence-electron chi connectivity index (χ2n) is 6.83. The molecular formula is C21H24N4OS2. The molecule has 2 aromatic heterocycles. The largest absolute Gasteiger partial charge is 0.369 e. The fourth-order valence-electron chi connectivity index (χ4n) is 3.48. The molecule has 4 rings (SSSR count). The molecule has 28 heavy (non-hydrogen) atoms. The maximum atomic E-state index is 11.5. The van der Waals surface area contributed by atoms with Crippen LogP contribution in [0.4, 0.5) is 5.82 Å². The molecule has 0 atom stereocenters. The third-order valence-corrected chi connectivity index (χ3v) is 7.07. The van der Waals surface area contributed by atoms with Crippen molar-refractivity contribution >= 4 is 45.0 Å². The van der Waals surface area contributed by atoms with E-state index < -0.39 is 0 Å². The number of anilines is 1. The van der Waals surface area contributed by atoms with Gasteiger partial charge in [-0.1, -0.05) is 18.2 Å². The van der Waals surface area contributed by atoms with Crippen molar-refractivity contribution in [3.05, 3.63) is 46.6 Å². The van der Waals surface area contributed by atoms with E-state index in [0.29, 0.717) is 6.42 Å². The third-order valence-electron chi connectivity index (χ3n) is 4.87. The second-order valence-corrected chi connectivity index (χ2v) is 8.96. The Morgan fingerprint density at radius 2 is 2.07 bits per heavy atom. The number of benzene rings is 1. The first-order chi connectivity index (χ1) is 13.7. The highest BCUT2D eigenvalue weighted by Gasteiger charge is 2.22. The second kappa shape index (κ2) is 8.92. The molecular weight excluding hydrogens is 388 g/mol. The summed E-state index contributed by atoms with van der Waals surface area (Å²) in [7, 11) is 1.68. The molecule has 0 fully saturated rings. The zero-order chi connectivity index (χ0) is 19.3. The maximum Gasteiger partial charge on any atom is 0.219 e. The Bertz CT molecular complexity index is 971. The lowest BCUT2D eigenvalue weighted by Gasteiger charge is -2.10. The molecule has 0 bridgehead atoms. The average molecular weight is 413 g/mol. The Labute approximate surface area is 173 Å². The van der Waals surface area contributed by atoms with Gasteiger partial charge in [-0.25, -0.2) is 9.97 Å². The van der Waals surface area contributed by atoms with Crippen LogP contribution in [0.1, 0.15) is 35.5 Å². The fraction of sp³-hybridized carbons (Fsp3) is 0.381. The smallest absolute Gasteiger partial charge is 0.219 e. The molecule has 2 N–H and O–H groups in total. The van der Waals surface area contributed by atoms with Crippen molar-refractivity contribution in [1.29, 1.82) is 0 Å². The van der Waals surface area contributed by atoms with E-state index in [4.69, 9.17) is 9.97 Å². The lowest BCUT2D eigenvalue weighted by atomic mass is 10.2. The predicted molar refractivity (Wildman–Crippen MR) is 117 cm³/mol. The Morgan fingerprint density at radius 1 is 1.21 bits per heavy atom. The van der Waals surface area contributed by atoms with Crippen LogP contribution in [0.2, 0.25) is 0 Å². The van der Waals surface area contributed by atoms with Gasteiger partial charge in [0.15, 0.2) is 0 Å². The van der Waals surface area contributed by atoms with Gasteiger partial charge in [0, 0.05) is 29.8 Å². The maximum absolute atomic E-state index is 11.5. The van der Waals surface area contributed by atoms with Crippen LogP contribution in [0, 0.1) is 0 Å². The molecule has 0 spiro atoms. The van der Waals surface area contributed by atoms with Crippen LogP contribution in [0.3, 0.4) is 0 Å². The van der Waals surface area contributed by atoms with Crippen LogP contribution < -0.4 is 10.6 Å². The topological polar surface area (TPSA) is 66.9 Å². The van der Waals surface area contributed by atoms with Crippen LogP contribution in [0.25, 0.3) is 10.2 Å². The van der Waals surface area contributed by atoms with Gasteiger partial charge in [-0.3, -0.25) is 4.79 Å². The summed E-state index contributed by atoms with van der Waals surface area (Å²) in [5.41, 5.74) is 1.43. The van der Waals surface area contributed by atoms with Gasteiger partial charge < -0.3 is 10.6 Å². The minimum Gasteiger partial charge on any atom is -0.369 e. The Kier molecular flexibility index (Phi) is 6.12. The van der Waals surface area contributed by atoms with Crippen LogP contribution in [-0.4, -0.2) is 29.5 Å². The lowest BCUT2D eigenvalue weighted by molar-refractivity contribution is -0.120. The summed E-state index contributed by atoms with van der Waals surface area (Å²) >= 11 is 3.58. The first-order valence-corrected chi connectivity index (χ1v) is 11.5. The van der Waals surface area contributed by atoms with E-state index >= 15 is 0 Å². The van der Waals surface area contributed by atoms with Crippen LogP contribution in [0.15, 0.2) is 35.2 Å². The van der Waals surface area contributed by atoms with Crippen LogP contribution in [0.5, 0.6) is 0 Å². The Balaban J connectivity index is 1.54. The lowest BCUT2D eigenvalue weighted by Crippen LogP contribution is -2.18. The number of thioether (sulfide) groups is 1. The standard InChI is InChI=1S/C21H24N4OS2/c1-22-18(26)11-6-12-23-20-19-15-9-5-10-16(15)28-21(19)25-17(24-20)13-27-14-7-3-2-4-8-14/h2-4,7-8H,5-6,9-13H2,1H3,(H,22,26)(H,23,24,25). The number of aryl methyl sites for hydroxylation is 2. The zero-order valence-electron chi connectivity index (χ0n) is 16.0. The summed E-state index contributed by atoms with van der Waals surface area (Å²) in [5, 5.41) is 7.36. The minimum atomic E-state index is 0.0750. The minimum absolute atomic E-state index is 0.0750. The van der Waals surface area contributed by atoms with Crippen LogP contribution in [-0.2, 0) is 23.4 Å². The summed E-state index contributed by atoms with van der Waals surface area (Å²) in [6, 6.07) is 10.4. The van der Waals surface area contributed by atoms with E-state index in [0.717, 1.165) is 48.0 Å². The molecule has 146 valence electrons. The predicted octanol–water partition coefficient (Wildman–Crippen LogP) is 4.41. The molecule has 0 aliphatic heterocycles. The third kappa shape index (κ3) is 4.31. The molecule has 3 aromatic rings. The number of nitrogens with one attached hydrogen (secondary N) is 2. The SMILES string of the molecule is CNC(=O)CCCNc1nc(CSc2ccccc2)nc2sc3c(c12)CCC3. The molecule has 1 amide bonds. The summed E-state index contributed by atoms with van der Waals surface area (Å²) in [6.45, 7) is 0.732. The molecule has 1 aromatic carbocycles. The van der Waals surface area contributed by atoms with E-state index in [1.54, 1.807) is 18.8 Å². The molecule has 1 aliphatic rings.